The summed E-state index contributed by atoms with van der Waals surface area (Å²) in [4.78, 5) is 29.6. The molecule has 4 aromatic rings. The summed E-state index contributed by atoms with van der Waals surface area (Å²) in [5.74, 6) is 0. The van der Waals surface area contributed by atoms with Gasteiger partial charge >= 0.3 is 0 Å². The molecule has 0 radical (unpaired) electrons. The zero-order chi connectivity index (χ0) is 35.3. The summed E-state index contributed by atoms with van der Waals surface area (Å²) in [5.41, 5.74) is 14.7. The quantitative estimate of drug-likeness (QED) is 0.159. The van der Waals surface area contributed by atoms with Gasteiger partial charge in [0.1, 0.15) is 0 Å². The smallest absolute Gasteiger partial charge is 0.0106 e. The molecule has 8 bridgehead atoms. The SMILES string of the molecule is CN1C=CC(=C2c3ccc([n-]3)C(=C3C=CN(C)C=C3)c3ccc([n-]3)C(=C3C=CN(C)C=C3)c3ccc([n-]3)C(=C3C=CN(C)C=C3)c3ccc2[n-]3)C=C1.[Ni]. The average molecular weight is 736 g/mol. The first-order valence-corrected chi connectivity index (χ1v) is 17.3. The number of hydrogen-bond donors (Lipinski definition) is 0. The summed E-state index contributed by atoms with van der Waals surface area (Å²) >= 11 is 0. The van der Waals surface area contributed by atoms with Gasteiger partial charge in [-0.2, -0.15) is 0 Å². The van der Waals surface area contributed by atoms with Crippen LogP contribution in [-0.2, 0) is 16.5 Å². The normalized spacial score (nSPS) is 17.7. The van der Waals surface area contributed by atoms with Gasteiger partial charge in [-0.25, -0.2) is 0 Å². The maximum absolute atomic E-state index is 5.35. The van der Waals surface area contributed by atoms with E-state index >= 15 is 0 Å². The Morgan fingerprint density at radius 2 is 0.434 bits per heavy atom. The number of hydrogen-bond acceptors (Lipinski definition) is 4. The van der Waals surface area contributed by atoms with Crippen LogP contribution in [-0.4, -0.2) is 47.8 Å². The molecule has 0 saturated carbocycles. The molecular formula is C44H36N8Ni-4. The molecule has 0 N–H and O–H groups in total. The summed E-state index contributed by atoms with van der Waals surface area (Å²) in [7, 11) is 8.10. The Labute approximate surface area is 319 Å². The van der Waals surface area contributed by atoms with Crippen molar-refractivity contribution in [3.8, 4) is 0 Å². The molecule has 0 fully saturated rings. The zero-order valence-corrected chi connectivity index (χ0v) is 30.7. The molecule has 0 saturated heterocycles. The van der Waals surface area contributed by atoms with Crippen molar-refractivity contribution in [1.29, 1.82) is 0 Å². The van der Waals surface area contributed by atoms with Crippen molar-refractivity contribution < 1.29 is 16.5 Å². The number of fused-ring (bicyclic) bond motifs is 8. The maximum atomic E-state index is 5.35. The van der Waals surface area contributed by atoms with Gasteiger partial charge in [-0.1, -0.05) is 48.5 Å². The van der Waals surface area contributed by atoms with E-state index in [9.17, 15) is 0 Å². The summed E-state index contributed by atoms with van der Waals surface area (Å²) in [6, 6.07) is 16.8. The summed E-state index contributed by atoms with van der Waals surface area (Å²) < 4.78 is 0. The molecule has 4 aromatic heterocycles. The van der Waals surface area contributed by atoms with E-state index in [1.54, 1.807) is 0 Å². The third-order valence-corrected chi connectivity index (χ3v) is 9.68. The van der Waals surface area contributed by atoms with Gasteiger partial charge in [0.15, 0.2) is 0 Å². The molecule has 53 heavy (non-hydrogen) atoms. The second-order valence-corrected chi connectivity index (χ2v) is 13.4. The molecule has 0 unspecified atom stereocenters. The predicted octanol–water partition coefficient (Wildman–Crippen LogP) is 6.93. The van der Waals surface area contributed by atoms with Crippen molar-refractivity contribution >= 4 is 22.3 Å². The molecule has 0 amide bonds. The van der Waals surface area contributed by atoms with E-state index in [-0.39, 0.29) is 16.5 Å². The van der Waals surface area contributed by atoms with E-state index in [4.69, 9.17) is 19.9 Å². The van der Waals surface area contributed by atoms with Gasteiger partial charge in [0.05, 0.1) is 0 Å². The van der Waals surface area contributed by atoms with E-state index in [1.807, 2.05) is 47.8 Å². The van der Waals surface area contributed by atoms with Crippen molar-refractivity contribution in [2.75, 3.05) is 28.2 Å². The van der Waals surface area contributed by atoms with Crippen LogP contribution in [0.15, 0.2) is 169 Å². The Bertz CT molecular complexity index is 1990. The van der Waals surface area contributed by atoms with Crippen molar-refractivity contribution in [1.82, 2.24) is 39.5 Å². The molecular weight excluding hydrogens is 699 g/mol. The van der Waals surface area contributed by atoms with Crippen LogP contribution in [0.5, 0.6) is 0 Å². The fourth-order valence-corrected chi connectivity index (χ4v) is 6.94. The molecule has 9 heterocycles. The van der Waals surface area contributed by atoms with Crippen LogP contribution < -0.4 is 19.9 Å². The molecule has 266 valence electrons. The number of allylic oxidation sites excluding steroid dienone is 12. The van der Waals surface area contributed by atoms with Crippen LogP contribution in [0.4, 0.5) is 0 Å². The number of aromatic nitrogens is 4. The minimum Gasteiger partial charge on any atom is -0.657 e. The van der Waals surface area contributed by atoms with Crippen molar-refractivity contribution in [3.05, 3.63) is 215 Å². The van der Waals surface area contributed by atoms with Gasteiger partial charge in [0.25, 0.3) is 0 Å². The van der Waals surface area contributed by atoms with Gasteiger partial charge in [-0.3, -0.25) is 0 Å². The molecule has 8 nitrogen and oxygen atoms in total. The first-order valence-electron chi connectivity index (χ1n) is 17.3. The standard InChI is InChI=1S/C44H36N8.Ni/c1-49-21-13-29(14-22-49)41-33-5-7-35(45-33)42(30-15-23-50(2)24-16-30)37-9-11-39(47-37)44(32-19-27-52(4)28-20-32)40-12-10-38(48-40)43(36-8-6-34(41)46-36)31-17-25-51(3)26-18-31;/h5-28H,1-4H3;/q-4;. The van der Waals surface area contributed by atoms with Crippen molar-refractivity contribution in [3.63, 3.8) is 0 Å². The van der Waals surface area contributed by atoms with Crippen LogP contribution in [0.2, 0.25) is 0 Å². The molecule has 0 aliphatic carbocycles. The Hall–Kier alpha value is -6.31. The van der Waals surface area contributed by atoms with Crippen LogP contribution in [0.1, 0.15) is 45.6 Å². The summed E-state index contributed by atoms with van der Waals surface area (Å²) in [5, 5.41) is 0. The number of rotatable bonds is 0. The van der Waals surface area contributed by atoms with E-state index in [0.29, 0.717) is 0 Å². The average Bonchev–Trinajstić information content (AvgIpc) is 3.99. The number of nitrogens with zero attached hydrogens (tertiary/aromatic N) is 8. The van der Waals surface area contributed by atoms with Gasteiger partial charge in [-0.05, 0) is 93.2 Å². The van der Waals surface area contributed by atoms with Crippen LogP contribution in [0.25, 0.3) is 22.3 Å². The Morgan fingerprint density at radius 1 is 0.283 bits per heavy atom. The van der Waals surface area contributed by atoms with Crippen LogP contribution in [0, 0.1) is 0 Å². The van der Waals surface area contributed by atoms with Crippen LogP contribution in [0.3, 0.4) is 0 Å². The first kappa shape index (κ1) is 33.8. The third-order valence-electron chi connectivity index (χ3n) is 9.68. The molecule has 0 atom stereocenters. The van der Waals surface area contributed by atoms with E-state index < -0.39 is 0 Å². The predicted molar refractivity (Wildman–Crippen MR) is 207 cm³/mol. The summed E-state index contributed by atoms with van der Waals surface area (Å²) in [6.07, 6.45) is 33.5. The molecule has 0 aromatic carbocycles. The molecule has 9 heteroatoms. The van der Waals surface area contributed by atoms with Gasteiger partial charge in [0, 0.05) is 94.3 Å². The largest absolute Gasteiger partial charge is 0.657 e. The van der Waals surface area contributed by atoms with Gasteiger partial charge in [-0.15, -0.1) is 45.6 Å². The third kappa shape index (κ3) is 6.30. The minimum atomic E-state index is 0. The van der Waals surface area contributed by atoms with Crippen molar-refractivity contribution in [2.24, 2.45) is 0 Å². The van der Waals surface area contributed by atoms with Crippen molar-refractivity contribution in [2.45, 2.75) is 0 Å². The second-order valence-electron chi connectivity index (χ2n) is 13.4. The van der Waals surface area contributed by atoms with Crippen LogP contribution >= 0.6 is 0 Å². The zero-order valence-electron chi connectivity index (χ0n) is 29.8. The monoisotopic (exact) mass is 734 g/mol. The van der Waals surface area contributed by atoms with E-state index in [2.05, 4.69) is 147 Å². The molecule has 0 spiro atoms. The van der Waals surface area contributed by atoms with E-state index in [1.165, 1.54) is 0 Å². The molecule has 9 rings (SSSR count). The fourth-order valence-electron chi connectivity index (χ4n) is 6.94. The maximum Gasteiger partial charge on any atom is 0.0106 e. The fraction of sp³-hybridized carbons (Fsp3) is 0.0909. The summed E-state index contributed by atoms with van der Waals surface area (Å²) in [6.45, 7) is 0. The topological polar surface area (TPSA) is 69.4 Å². The van der Waals surface area contributed by atoms with Gasteiger partial charge < -0.3 is 39.5 Å². The Morgan fingerprint density at radius 3 is 0.585 bits per heavy atom. The minimum absolute atomic E-state index is 0. The van der Waals surface area contributed by atoms with E-state index in [0.717, 1.165) is 90.1 Å². The Kier molecular flexibility index (Phi) is 8.73. The second kappa shape index (κ2) is 13.7. The molecule has 5 aliphatic rings. The Balaban J connectivity index is 0.00000400. The van der Waals surface area contributed by atoms with Gasteiger partial charge in [0.2, 0.25) is 0 Å². The molecule has 5 aliphatic heterocycles. The first-order chi connectivity index (χ1) is 25.4.